The zero-order chi connectivity index (χ0) is 3.41. The number of rotatable bonds is 1. The van der Waals surface area contributed by atoms with Gasteiger partial charge in [0, 0.05) is 18.6 Å². The first-order valence-electron chi connectivity index (χ1n) is 0.862. The van der Waals surface area contributed by atoms with E-state index in [0.29, 0.717) is 0 Å². The Morgan fingerprint density at radius 1 is 1.80 bits per heavy atom. The first kappa shape index (κ1) is 9.15. The molecular weight excluding hydrogens is 121 g/mol. The summed E-state index contributed by atoms with van der Waals surface area (Å²) in [6, 6.07) is 0. The van der Waals surface area contributed by atoms with E-state index in [9.17, 15) is 0 Å². The van der Waals surface area contributed by atoms with Crippen molar-refractivity contribution in [3.8, 4) is 0 Å². The molecule has 5 heavy (non-hydrogen) atoms. The van der Waals surface area contributed by atoms with Gasteiger partial charge in [-0.1, -0.05) is 0 Å². The van der Waals surface area contributed by atoms with Gasteiger partial charge in [0.15, 0.2) is 0 Å². The van der Waals surface area contributed by atoms with Crippen molar-refractivity contribution in [2.75, 3.05) is 6.26 Å². The van der Waals surface area contributed by atoms with E-state index in [-0.39, 0.29) is 18.6 Å². The van der Waals surface area contributed by atoms with Crippen molar-refractivity contribution >= 4 is 17.3 Å². The van der Waals surface area contributed by atoms with Gasteiger partial charge in [0.2, 0.25) is 0 Å². The van der Waals surface area contributed by atoms with Crippen molar-refractivity contribution in [1.82, 2.24) is 0 Å². The molecule has 3 heteroatoms. The Hall–Kier alpha value is 0.604. The van der Waals surface area contributed by atoms with Crippen molar-refractivity contribution < 1.29 is 18.6 Å². The maximum absolute atomic E-state index is 6.16. The molecule has 0 amide bonds. The molecule has 0 atom stereocenters. The van der Waals surface area contributed by atoms with Gasteiger partial charge in [-0.15, -0.1) is 0 Å². The summed E-state index contributed by atoms with van der Waals surface area (Å²) in [6.07, 6.45) is 1.80. The molecule has 0 rings (SSSR count). The summed E-state index contributed by atoms with van der Waals surface area (Å²) in [7, 11) is 0. The predicted octanol–water partition coefficient (Wildman–Crippen LogP) is 0.831. The molecule has 0 aliphatic carbocycles. The van der Waals surface area contributed by atoms with E-state index in [1.165, 1.54) is 11.8 Å². The van der Waals surface area contributed by atoms with Gasteiger partial charge in [-0.25, -0.2) is 0 Å². The number of hydrogen-bond donors (Lipinski definition) is 1. The number of thioether (sulfide) groups is 1. The Morgan fingerprint density at radius 3 is 2.00 bits per heavy atom. The Morgan fingerprint density at radius 2 is 2.00 bits per heavy atom. The van der Waals surface area contributed by atoms with E-state index in [1.807, 2.05) is 0 Å². The van der Waals surface area contributed by atoms with E-state index in [0.717, 1.165) is 0 Å². The second-order valence-electron chi connectivity index (χ2n) is 0.306. The molecule has 1 nitrogen and oxygen atoms in total. The monoisotopic (exact) mass is 125 g/mol. The molecule has 0 aliphatic heterocycles. The van der Waals surface area contributed by atoms with Gasteiger partial charge in [0.25, 0.3) is 0 Å². The van der Waals surface area contributed by atoms with Crippen LogP contribution in [0, 0.1) is 5.41 Å². The van der Waals surface area contributed by atoms with Crippen LogP contribution in [-0.2, 0) is 18.6 Å². The Bertz CT molecular complexity index is 23.6. The summed E-state index contributed by atoms with van der Waals surface area (Å²) in [5.74, 6) is 0. The molecule has 0 spiro atoms. The normalized spacial score (nSPS) is 5.00. The fraction of sp³-hybridized carbons (Fsp3) is 0.500. The zero-order valence-corrected chi connectivity index (χ0v) is 5.07. The van der Waals surface area contributed by atoms with Gasteiger partial charge in [-0.3, -0.25) is 0 Å². The van der Waals surface area contributed by atoms with Crippen molar-refractivity contribution in [1.29, 1.82) is 5.41 Å². The molecule has 0 fully saturated rings. The second kappa shape index (κ2) is 8.82. The van der Waals surface area contributed by atoms with E-state index in [4.69, 9.17) is 5.41 Å². The Labute approximate surface area is 47.9 Å². The van der Waals surface area contributed by atoms with Crippen LogP contribution in [0.3, 0.4) is 0 Å². The summed E-state index contributed by atoms with van der Waals surface area (Å²) >= 11 is 1.27. The molecule has 29 valence electrons. The van der Waals surface area contributed by atoms with E-state index >= 15 is 0 Å². The van der Waals surface area contributed by atoms with Gasteiger partial charge in [-0.2, -0.15) is 0 Å². The standard InChI is InChI=1S/C2H4NS.V/c1-4-2-3;/h3H,1H3;/q-1;. The van der Waals surface area contributed by atoms with Gasteiger partial charge >= 0.3 is 0 Å². The van der Waals surface area contributed by atoms with Crippen LogP contribution in [0.4, 0.5) is 0 Å². The van der Waals surface area contributed by atoms with Crippen molar-refractivity contribution in [2.45, 2.75) is 0 Å². The Balaban J connectivity index is 0. The summed E-state index contributed by atoms with van der Waals surface area (Å²) in [4.78, 5) is 0. The summed E-state index contributed by atoms with van der Waals surface area (Å²) in [6.45, 7) is 0. The minimum absolute atomic E-state index is 0. The quantitative estimate of drug-likeness (QED) is 0.313. The summed E-state index contributed by atoms with van der Waals surface area (Å²) in [5.41, 5.74) is 2.10. The largest absolute Gasteiger partial charge is 0.508 e. The molecule has 0 saturated carbocycles. The van der Waals surface area contributed by atoms with Crippen LogP contribution in [0.2, 0.25) is 0 Å². The maximum atomic E-state index is 6.16. The summed E-state index contributed by atoms with van der Waals surface area (Å²) in [5, 5.41) is 6.16. The third-order valence-corrected chi connectivity index (χ3v) is 0.306. The number of nitrogens with one attached hydrogen (secondary N) is 1. The molecule has 0 aromatic heterocycles. The molecule has 0 aromatic carbocycles. The average Bonchev–Trinajstić information content (AvgIpc) is 1.37. The van der Waals surface area contributed by atoms with Crippen LogP contribution >= 0.6 is 11.8 Å². The second-order valence-corrected chi connectivity index (χ2v) is 0.919. The molecular formula is C2H4NSV-. The molecule has 1 radical (unpaired) electrons. The zero-order valence-electron chi connectivity index (χ0n) is 2.86. The van der Waals surface area contributed by atoms with E-state index in [1.54, 1.807) is 6.26 Å². The van der Waals surface area contributed by atoms with E-state index < -0.39 is 0 Å². The van der Waals surface area contributed by atoms with Crippen LogP contribution in [0.5, 0.6) is 0 Å². The van der Waals surface area contributed by atoms with Crippen molar-refractivity contribution in [3.63, 3.8) is 0 Å². The fourth-order valence-corrected chi connectivity index (χ4v) is 0. The number of hydrogen-bond acceptors (Lipinski definition) is 2. The third-order valence-electron chi connectivity index (χ3n) is 0.102. The minimum atomic E-state index is 0. The first-order chi connectivity index (χ1) is 1.91. The van der Waals surface area contributed by atoms with Gasteiger partial charge in [0.05, 0.1) is 0 Å². The molecule has 0 bridgehead atoms. The minimum Gasteiger partial charge on any atom is -0.508 e. The van der Waals surface area contributed by atoms with Crippen LogP contribution in [0.15, 0.2) is 0 Å². The van der Waals surface area contributed by atoms with Crippen LogP contribution in [0.25, 0.3) is 0 Å². The molecule has 0 aliphatic rings. The van der Waals surface area contributed by atoms with Crippen molar-refractivity contribution in [3.05, 3.63) is 0 Å². The molecule has 0 heterocycles. The smallest absolute Gasteiger partial charge is 0 e. The van der Waals surface area contributed by atoms with Crippen molar-refractivity contribution in [2.24, 2.45) is 0 Å². The van der Waals surface area contributed by atoms with Crippen LogP contribution in [0.1, 0.15) is 0 Å². The topological polar surface area (TPSA) is 23.9 Å². The van der Waals surface area contributed by atoms with E-state index in [2.05, 4.69) is 5.55 Å². The van der Waals surface area contributed by atoms with Crippen LogP contribution < -0.4 is 0 Å². The molecule has 0 unspecified atom stereocenters. The van der Waals surface area contributed by atoms with Gasteiger partial charge < -0.3 is 22.7 Å². The molecule has 1 N–H and O–H groups in total. The fourth-order valence-electron chi connectivity index (χ4n) is 0. The SMILES string of the molecule is CS[C-]=N.[V]. The average molecular weight is 125 g/mol. The maximum Gasteiger partial charge on any atom is 0 e. The van der Waals surface area contributed by atoms with Crippen LogP contribution in [-0.4, -0.2) is 11.8 Å². The molecule has 0 saturated heterocycles. The Kier molecular flexibility index (Phi) is 16.1. The predicted molar refractivity (Wildman–Crippen MR) is 21.2 cm³/mol. The first-order valence-corrected chi connectivity index (χ1v) is 2.09. The van der Waals surface area contributed by atoms with Gasteiger partial charge in [-0.05, 0) is 6.26 Å². The summed E-state index contributed by atoms with van der Waals surface area (Å²) < 4.78 is 0. The van der Waals surface area contributed by atoms with Gasteiger partial charge in [0.1, 0.15) is 0 Å². The third kappa shape index (κ3) is 12.1. The molecule has 0 aromatic rings.